The summed E-state index contributed by atoms with van der Waals surface area (Å²) >= 11 is 0. The highest BCUT2D eigenvalue weighted by Gasteiger charge is 2.26. The average molecular weight is 378 g/mol. The van der Waals surface area contributed by atoms with Gasteiger partial charge in [0, 0.05) is 24.6 Å². The third-order valence-corrected chi connectivity index (χ3v) is 5.04. The molecule has 1 unspecified atom stereocenters. The number of phenolic OH excluding ortho intramolecular Hbond substituents is 1. The van der Waals surface area contributed by atoms with E-state index in [1.165, 1.54) is 0 Å². The molecule has 0 saturated carbocycles. The predicted molar refractivity (Wildman–Crippen MR) is 99.7 cm³/mol. The molecule has 1 aliphatic heterocycles. The van der Waals surface area contributed by atoms with E-state index in [1.54, 1.807) is 20.3 Å². The first-order valence-electron chi connectivity index (χ1n) is 8.09. The summed E-state index contributed by atoms with van der Waals surface area (Å²) in [5.41, 5.74) is 2.83. The predicted octanol–water partition coefficient (Wildman–Crippen LogP) is 2.02. The molecule has 140 valence electrons. The molecule has 1 heterocycles. The molecule has 3 N–H and O–H groups in total. The van der Waals surface area contributed by atoms with Crippen molar-refractivity contribution in [3.05, 3.63) is 47.0 Å². The number of phenols is 1. The van der Waals surface area contributed by atoms with Gasteiger partial charge in [-0.1, -0.05) is 12.1 Å². The molecule has 0 fully saturated rings. The Morgan fingerprint density at radius 3 is 2.54 bits per heavy atom. The van der Waals surface area contributed by atoms with Crippen LogP contribution in [0.5, 0.6) is 17.2 Å². The Kier molecular flexibility index (Phi) is 4.97. The van der Waals surface area contributed by atoms with Crippen molar-refractivity contribution < 1.29 is 23.0 Å². The lowest BCUT2D eigenvalue weighted by Gasteiger charge is -2.28. The van der Waals surface area contributed by atoms with Crippen molar-refractivity contribution in [1.29, 1.82) is 0 Å². The van der Waals surface area contributed by atoms with Gasteiger partial charge in [-0.3, -0.25) is 4.72 Å². The van der Waals surface area contributed by atoms with E-state index < -0.39 is 10.0 Å². The van der Waals surface area contributed by atoms with Gasteiger partial charge in [-0.15, -0.1) is 0 Å². The van der Waals surface area contributed by atoms with Crippen molar-refractivity contribution in [1.82, 2.24) is 5.32 Å². The highest BCUT2D eigenvalue weighted by molar-refractivity contribution is 7.92. The van der Waals surface area contributed by atoms with Gasteiger partial charge in [0.15, 0.2) is 11.5 Å². The number of hydrogen-bond donors (Lipinski definition) is 3. The van der Waals surface area contributed by atoms with E-state index >= 15 is 0 Å². The Morgan fingerprint density at radius 2 is 1.88 bits per heavy atom. The number of ether oxygens (including phenoxy) is 2. The fourth-order valence-corrected chi connectivity index (χ4v) is 3.83. The largest absolute Gasteiger partial charge is 0.505 e. The van der Waals surface area contributed by atoms with Crippen LogP contribution in [-0.4, -0.2) is 40.5 Å². The summed E-state index contributed by atoms with van der Waals surface area (Å²) in [6.45, 7) is 1.16. The van der Waals surface area contributed by atoms with E-state index in [2.05, 4.69) is 10.0 Å². The topological polar surface area (TPSA) is 96.9 Å². The molecule has 0 aliphatic carbocycles. The number of anilines is 1. The van der Waals surface area contributed by atoms with Crippen LogP contribution in [0.1, 0.15) is 22.6 Å². The van der Waals surface area contributed by atoms with E-state index in [9.17, 15) is 13.5 Å². The molecule has 0 aromatic heterocycles. The highest BCUT2D eigenvalue weighted by atomic mass is 32.2. The van der Waals surface area contributed by atoms with Crippen LogP contribution in [0.25, 0.3) is 0 Å². The summed E-state index contributed by atoms with van der Waals surface area (Å²) in [4.78, 5) is 0. The molecule has 0 bridgehead atoms. The Bertz CT molecular complexity index is 927. The zero-order valence-corrected chi connectivity index (χ0v) is 15.7. The van der Waals surface area contributed by atoms with Gasteiger partial charge >= 0.3 is 0 Å². The molecular weight excluding hydrogens is 356 g/mol. The molecule has 7 nitrogen and oxygen atoms in total. The van der Waals surface area contributed by atoms with Crippen LogP contribution in [0.4, 0.5) is 5.69 Å². The maximum Gasteiger partial charge on any atom is 0.229 e. The van der Waals surface area contributed by atoms with Crippen LogP contribution in [0, 0.1) is 0 Å². The van der Waals surface area contributed by atoms with Gasteiger partial charge in [-0.25, -0.2) is 8.42 Å². The number of rotatable bonds is 5. The van der Waals surface area contributed by atoms with Crippen LogP contribution in [0.15, 0.2) is 30.3 Å². The minimum absolute atomic E-state index is 0.00302. The molecule has 1 atom stereocenters. The van der Waals surface area contributed by atoms with Gasteiger partial charge in [0.25, 0.3) is 0 Å². The minimum atomic E-state index is -3.47. The summed E-state index contributed by atoms with van der Waals surface area (Å²) in [6.07, 6.45) is 1.05. The standard InChI is InChI=1S/C18H22N2O5S/c1-24-16-7-4-11(8-17(16)25-2)13-9-19-10-14-12(13)5-6-15(18(14)21)20-26(3,22)23/h4-8,13,19-21H,9-10H2,1-3H3. The van der Waals surface area contributed by atoms with Crippen LogP contribution in [0.3, 0.4) is 0 Å². The van der Waals surface area contributed by atoms with Crippen LogP contribution < -0.4 is 19.5 Å². The van der Waals surface area contributed by atoms with Gasteiger partial charge in [0.2, 0.25) is 10.0 Å². The maximum absolute atomic E-state index is 11.5. The first kappa shape index (κ1) is 18.3. The fourth-order valence-electron chi connectivity index (χ4n) is 3.26. The van der Waals surface area contributed by atoms with Crippen LogP contribution in [-0.2, 0) is 16.6 Å². The van der Waals surface area contributed by atoms with E-state index in [0.717, 1.165) is 17.4 Å². The number of benzene rings is 2. The monoisotopic (exact) mass is 378 g/mol. The quantitative estimate of drug-likeness (QED) is 0.689. The Morgan fingerprint density at radius 1 is 1.15 bits per heavy atom. The molecule has 0 amide bonds. The van der Waals surface area contributed by atoms with Crippen molar-refractivity contribution in [2.75, 3.05) is 31.7 Å². The summed E-state index contributed by atoms with van der Waals surface area (Å²) in [5, 5.41) is 13.8. The van der Waals surface area contributed by atoms with Crippen molar-refractivity contribution in [2.24, 2.45) is 0 Å². The lowest BCUT2D eigenvalue weighted by Crippen LogP contribution is -2.29. The van der Waals surface area contributed by atoms with Gasteiger partial charge < -0.3 is 19.9 Å². The van der Waals surface area contributed by atoms with E-state index in [4.69, 9.17) is 9.47 Å². The molecule has 1 aliphatic rings. The molecule has 2 aromatic rings. The second-order valence-corrected chi connectivity index (χ2v) is 7.95. The summed E-state index contributed by atoms with van der Waals surface area (Å²) in [6, 6.07) is 9.17. The number of fused-ring (bicyclic) bond motifs is 1. The number of methoxy groups -OCH3 is 2. The fraction of sp³-hybridized carbons (Fsp3) is 0.333. The van der Waals surface area contributed by atoms with Crippen molar-refractivity contribution in [2.45, 2.75) is 12.5 Å². The van der Waals surface area contributed by atoms with Crippen LogP contribution >= 0.6 is 0 Å². The highest BCUT2D eigenvalue weighted by Crippen LogP contribution is 2.40. The SMILES string of the molecule is COc1ccc(C2CNCc3c2ccc(NS(C)(=O)=O)c3O)cc1OC. The number of sulfonamides is 1. The first-order chi connectivity index (χ1) is 12.3. The zero-order chi connectivity index (χ0) is 18.9. The lowest BCUT2D eigenvalue weighted by atomic mass is 9.84. The Balaban J connectivity index is 2.03. The van der Waals surface area contributed by atoms with E-state index in [0.29, 0.717) is 30.2 Å². The summed E-state index contributed by atoms with van der Waals surface area (Å²) in [5.74, 6) is 1.23. The zero-order valence-electron chi connectivity index (χ0n) is 14.9. The molecule has 0 spiro atoms. The van der Waals surface area contributed by atoms with Crippen LogP contribution in [0.2, 0.25) is 0 Å². The normalized spacial score (nSPS) is 16.7. The molecule has 0 radical (unpaired) electrons. The Hall–Kier alpha value is -2.45. The smallest absolute Gasteiger partial charge is 0.229 e. The molecule has 2 aromatic carbocycles. The van der Waals surface area contributed by atoms with Gasteiger partial charge in [0.05, 0.1) is 26.2 Å². The van der Waals surface area contributed by atoms with Gasteiger partial charge in [0.1, 0.15) is 5.75 Å². The average Bonchev–Trinajstić information content (AvgIpc) is 2.62. The van der Waals surface area contributed by atoms with E-state index in [1.807, 2.05) is 24.3 Å². The summed E-state index contributed by atoms with van der Waals surface area (Å²) < 4.78 is 36.0. The number of hydrogen-bond acceptors (Lipinski definition) is 6. The van der Waals surface area contributed by atoms with Gasteiger partial charge in [-0.2, -0.15) is 0 Å². The second-order valence-electron chi connectivity index (χ2n) is 6.20. The maximum atomic E-state index is 11.5. The van der Waals surface area contributed by atoms with Crippen molar-refractivity contribution in [3.8, 4) is 17.2 Å². The molecular formula is C18H22N2O5S. The van der Waals surface area contributed by atoms with Crippen molar-refractivity contribution >= 4 is 15.7 Å². The number of nitrogens with one attached hydrogen (secondary N) is 2. The first-order valence-corrected chi connectivity index (χ1v) is 9.98. The van der Waals surface area contributed by atoms with Crippen molar-refractivity contribution in [3.63, 3.8) is 0 Å². The number of aromatic hydroxyl groups is 1. The second kappa shape index (κ2) is 7.05. The summed E-state index contributed by atoms with van der Waals surface area (Å²) in [7, 11) is -0.296. The third kappa shape index (κ3) is 3.56. The Labute approximate surface area is 153 Å². The van der Waals surface area contributed by atoms with E-state index in [-0.39, 0.29) is 17.4 Å². The molecule has 8 heteroatoms. The molecule has 26 heavy (non-hydrogen) atoms. The lowest BCUT2D eigenvalue weighted by molar-refractivity contribution is 0.354. The third-order valence-electron chi connectivity index (χ3n) is 4.45. The molecule has 3 rings (SSSR count). The minimum Gasteiger partial charge on any atom is -0.505 e. The molecule has 0 saturated heterocycles. The van der Waals surface area contributed by atoms with Gasteiger partial charge in [-0.05, 0) is 29.3 Å².